The van der Waals surface area contributed by atoms with E-state index in [1.807, 2.05) is 20.8 Å². The van der Waals surface area contributed by atoms with Crippen molar-refractivity contribution >= 4 is 12.1 Å². The predicted octanol–water partition coefficient (Wildman–Crippen LogP) is 1.34. The van der Waals surface area contributed by atoms with Gasteiger partial charge in [0, 0.05) is 0 Å². The van der Waals surface area contributed by atoms with Gasteiger partial charge < -0.3 is 18.9 Å². The van der Waals surface area contributed by atoms with E-state index in [4.69, 9.17) is 18.9 Å². The van der Waals surface area contributed by atoms with Crippen molar-refractivity contribution in [3.63, 3.8) is 0 Å². The minimum atomic E-state index is -0.546. The Labute approximate surface area is 130 Å². The molecule has 2 aliphatic heterocycles. The van der Waals surface area contributed by atoms with Gasteiger partial charge in [0.2, 0.25) is 0 Å². The van der Waals surface area contributed by atoms with Crippen molar-refractivity contribution in [2.75, 3.05) is 26.4 Å². The highest BCUT2D eigenvalue weighted by molar-refractivity contribution is 5.71. The summed E-state index contributed by atoms with van der Waals surface area (Å²) in [6.07, 6.45) is 0.0565. The Morgan fingerprint density at radius 1 is 1.27 bits per heavy atom. The first-order valence-corrected chi connectivity index (χ1v) is 7.68. The SMILES string of the molecule is CCOC(=O)CO[C@@H]1C[C@@H]2COC[C@H]1N2C(=O)OC(C)(C)C. The zero-order valence-electron chi connectivity index (χ0n) is 13.7. The number of hydrogen-bond donors (Lipinski definition) is 0. The third-order valence-corrected chi connectivity index (χ3v) is 3.61. The molecule has 0 aromatic carbocycles. The maximum absolute atomic E-state index is 12.4. The number of carbonyl (C=O) groups is 2. The molecule has 0 saturated carbocycles. The minimum absolute atomic E-state index is 0.0687. The third kappa shape index (κ3) is 4.10. The lowest BCUT2D eigenvalue weighted by molar-refractivity contribution is -0.151. The van der Waals surface area contributed by atoms with Crippen LogP contribution in [0.4, 0.5) is 4.79 Å². The number of hydrogen-bond acceptors (Lipinski definition) is 6. The molecule has 0 N–H and O–H groups in total. The van der Waals surface area contributed by atoms with Crippen LogP contribution in [0.25, 0.3) is 0 Å². The Bertz CT molecular complexity index is 419. The second-order valence-electron chi connectivity index (χ2n) is 6.54. The molecule has 7 nitrogen and oxygen atoms in total. The lowest BCUT2D eigenvalue weighted by Crippen LogP contribution is -2.52. The van der Waals surface area contributed by atoms with Crippen LogP contribution in [-0.2, 0) is 23.7 Å². The second kappa shape index (κ2) is 6.83. The molecule has 2 aliphatic rings. The standard InChI is InChI=1S/C15H25NO6/c1-5-20-13(17)9-21-12-6-10-7-19-8-11(12)16(10)14(18)22-15(2,3)4/h10-12H,5-9H2,1-4H3/t10-,11-,12-/m1/s1. The van der Waals surface area contributed by atoms with Crippen molar-refractivity contribution in [3.05, 3.63) is 0 Å². The first-order valence-electron chi connectivity index (χ1n) is 7.68. The van der Waals surface area contributed by atoms with Crippen LogP contribution in [0.15, 0.2) is 0 Å². The predicted molar refractivity (Wildman–Crippen MR) is 77.5 cm³/mol. The van der Waals surface area contributed by atoms with Crippen LogP contribution in [0.1, 0.15) is 34.1 Å². The fourth-order valence-electron chi connectivity index (χ4n) is 2.81. The van der Waals surface area contributed by atoms with Gasteiger partial charge in [-0.2, -0.15) is 0 Å². The van der Waals surface area contributed by atoms with Crippen LogP contribution in [0.5, 0.6) is 0 Å². The van der Waals surface area contributed by atoms with E-state index in [2.05, 4.69) is 0 Å². The summed E-state index contributed by atoms with van der Waals surface area (Å²) in [6, 6.07) is -0.288. The summed E-state index contributed by atoms with van der Waals surface area (Å²) in [5.41, 5.74) is -0.546. The molecule has 2 fully saturated rings. The number of amides is 1. The average Bonchev–Trinajstić information content (AvgIpc) is 2.62. The van der Waals surface area contributed by atoms with Crippen LogP contribution in [-0.4, -0.2) is 67.2 Å². The molecule has 2 rings (SSSR count). The van der Waals surface area contributed by atoms with Crippen LogP contribution in [0.2, 0.25) is 0 Å². The highest BCUT2D eigenvalue weighted by atomic mass is 16.6. The van der Waals surface area contributed by atoms with Crippen molar-refractivity contribution in [2.24, 2.45) is 0 Å². The number of rotatable bonds is 4. The molecule has 2 saturated heterocycles. The van der Waals surface area contributed by atoms with Gasteiger partial charge in [-0.3, -0.25) is 4.90 Å². The number of morpholine rings is 1. The Kier molecular flexibility index (Phi) is 5.28. The number of esters is 1. The molecule has 0 aromatic rings. The van der Waals surface area contributed by atoms with Gasteiger partial charge in [0.05, 0.1) is 38.0 Å². The van der Waals surface area contributed by atoms with Gasteiger partial charge in [-0.1, -0.05) is 0 Å². The van der Waals surface area contributed by atoms with Crippen molar-refractivity contribution < 1.29 is 28.5 Å². The van der Waals surface area contributed by atoms with Gasteiger partial charge in [-0.15, -0.1) is 0 Å². The minimum Gasteiger partial charge on any atom is -0.464 e. The van der Waals surface area contributed by atoms with E-state index < -0.39 is 11.6 Å². The first kappa shape index (κ1) is 17.0. The van der Waals surface area contributed by atoms with Gasteiger partial charge in [0.15, 0.2) is 0 Å². The average molecular weight is 315 g/mol. The molecule has 0 aromatic heterocycles. The zero-order chi connectivity index (χ0) is 16.3. The van der Waals surface area contributed by atoms with E-state index in [0.29, 0.717) is 26.2 Å². The van der Waals surface area contributed by atoms with Crippen LogP contribution < -0.4 is 0 Å². The molecule has 0 unspecified atom stereocenters. The Morgan fingerprint density at radius 3 is 2.64 bits per heavy atom. The Balaban J connectivity index is 1.96. The molecule has 0 spiro atoms. The van der Waals surface area contributed by atoms with Gasteiger partial charge in [0.1, 0.15) is 12.2 Å². The van der Waals surface area contributed by atoms with Gasteiger partial charge >= 0.3 is 12.1 Å². The molecular weight excluding hydrogens is 290 g/mol. The molecule has 1 amide bonds. The fraction of sp³-hybridized carbons (Fsp3) is 0.867. The Hall–Kier alpha value is -1.34. The van der Waals surface area contributed by atoms with E-state index in [-0.39, 0.29) is 30.9 Å². The topological polar surface area (TPSA) is 74.3 Å². The maximum Gasteiger partial charge on any atom is 0.411 e. The number of fused-ring (bicyclic) bond motifs is 2. The van der Waals surface area contributed by atoms with Gasteiger partial charge in [0.25, 0.3) is 0 Å². The molecule has 126 valence electrons. The van der Waals surface area contributed by atoms with Crippen LogP contribution >= 0.6 is 0 Å². The fourth-order valence-corrected chi connectivity index (χ4v) is 2.81. The molecule has 0 aliphatic carbocycles. The summed E-state index contributed by atoms with van der Waals surface area (Å²) in [5, 5.41) is 0. The second-order valence-corrected chi connectivity index (χ2v) is 6.54. The van der Waals surface area contributed by atoms with E-state index in [1.54, 1.807) is 11.8 Å². The van der Waals surface area contributed by atoms with E-state index in [9.17, 15) is 9.59 Å². The number of nitrogens with zero attached hydrogens (tertiary/aromatic N) is 1. The molecule has 22 heavy (non-hydrogen) atoms. The van der Waals surface area contributed by atoms with Crippen LogP contribution in [0.3, 0.4) is 0 Å². The Morgan fingerprint density at radius 2 is 2.00 bits per heavy atom. The molecule has 2 heterocycles. The van der Waals surface area contributed by atoms with Gasteiger partial charge in [-0.05, 0) is 34.1 Å². The quantitative estimate of drug-likeness (QED) is 0.729. The molecule has 2 bridgehead atoms. The zero-order valence-corrected chi connectivity index (χ0v) is 13.7. The number of carbonyl (C=O) groups excluding carboxylic acids is 2. The summed E-state index contributed by atoms with van der Waals surface area (Å²) in [6.45, 7) is 8.33. The summed E-state index contributed by atoms with van der Waals surface area (Å²) in [7, 11) is 0. The molecule has 7 heteroatoms. The maximum atomic E-state index is 12.4. The van der Waals surface area contributed by atoms with Crippen molar-refractivity contribution in [3.8, 4) is 0 Å². The smallest absolute Gasteiger partial charge is 0.411 e. The normalized spacial score (nSPS) is 27.6. The molecule has 0 radical (unpaired) electrons. The lowest BCUT2D eigenvalue weighted by atomic mass is 10.1. The molecular formula is C15H25NO6. The summed E-state index contributed by atoms with van der Waals surface area (Å²) in [5.74, 6) is -0.395. The van der Waals surface area contributed by atoms with E-state index in [0.717, 1.165) is 0 Å². The summed E-state index contributed by atoms with van der Waals surface area (Å²) < 4.78 is 21.5. The monoisotopic (exact) mass is 315 g/mol. The number of ether oxygens (including phenoxy) is 4. The highest BCUT2D eigenvalue weighted by Crippen LogP contribution is 2.32. The van der Waals surface area contributed by atoms with Crippen molar-refractivity contribution in [1.29, 1.82) is 0 Å². The lowest BCUT2D eigenvalue weighted by Gasteiger charge is -2.36. The van der Waals surface area contributed by atoms with E-state index >= 15 is 0 Å². The molecule has 3 atom stereocenters. The van der Waals surface area contributed by atoms with Crippen molar-refractivity contribution in [1.82, 2.24) is 4.90 Å². The van der Waals surface area contributed by atoms with E-state index in [1.165, 1.54) is 0 Å². The first-order chi connectivity index (χ1) is 10.3. The summed E-state index contributed by atoms with van der Waals surface area (Å²) >= 11 is 0. The van der Waals surface area contributed by atoms with Crippen molar-refractivity contribution in [2.45, 2.75) is 57.9 Å². The highest BCUT2D eigenvalue weighted by Gasteiger charge is 2.49. The van der Waals surface area contributed by atoms with Crippen LogP contribution in [0, 0.1) is 0 Å². The summed E-state index contributed by atoms with van der Waals surface area (Å²) in [4.78, 5) is 25.5. The largest absolute Gasteiger partial charge is 0.464 e. The third-order valence-electron chi connectivity index (χ3n) is 3.61. The van der Waals surface area contributed by atoms with Gasteiger partial charge in [-0.25, -0.2) is 9.59 Å².